The van der Waals surface area contributed by atoms with E-state index in [9.17, 15) is 4.79 Å². The summed E-state index contributed by atoms with van der Waals surface area (Å²) < 4.78 is 5.31. The van der Waals surface area contributed by atoms with E-state index in [1.807, 2.05) is 31.3 Å². The second kappa shape index (κ2) is 6.18. The summed E-state index contributed by atoms with van der Waals surface area (Å²) in [5.41, 5.74) is 0.996. The summed E-state index contributed by atoms with van der Waals surface area (Å²) in [6.07, 6.45) is 0. The van der Waals surface area contributed by atoms with Gasteiger partial charge in [-0.15, -0.1) is 0 Å². The van der Waals surface area contributed by atoms with E-state index < -0.39 is 0 Å². The van der Waals surface area contributed by atoms with Gasteiger partial charge in [-0.05, 0) is 24.7 Å². The van der Waals surface area contributed by atoms with Crippen LogP contribution in [0.25, 0.3) is 0 Å². The highest BCUT2D eigenvalue weighted by molar-refractivity contribution is 6.30. The maximum absolute atomic E-state index is 12.0. The Hall–Kier alpha value is -1.10. The molecule has 18 heavy (non-hydrogen) atoms. The fraction of sp³-hybridized carbons (Fsp3) is 0.462. The Morgan fingerprint density at radius 2 is 2.33 bits per heavy atom. The van der Waals surface area contributed by atoms with E-state index in [1.165, 1.54) is 0 Å². The first-order valence-electron chi connectivity index (χ1n) is 5.98. The van der Waals surface area contributed by atoms with Crippen molar-refractivity contribution in [3.05, 3.63) is 34.9 Å². The van der Waals surface area contributed by atoms with Crippen LogP contribution in [-0.2, 0) is 16.1 Å². The summed E-state index contributed by atoms with van der Waals surface area (Å²) in [4.78, 5) is 12.0. The van der Waals surface area contributed by atoms with Crippen LogP contribution in [0.4, 0.5) is 0 Å². The van der Waals surface area contributed by atoms with Crippen molar-refractivity contribution in [1.29, 1.82) is 0 Å². The van der Waals surface area contributed by atoms with Gasteiger partial charge in [0.25, 0.3) is 0 Å². The molecule has 0 radical (unpaired) electrons. The highest BCUT2D eigenvalue weighted by Crippen LogP contribution is 2.14. The van der Waals surface area contributed by atoms with Gasteiger partial charge in [-0.25, -0.2) is 0 Å². The van der Waals surface area contributed by atoms with Gasteiger partial charge in [-0.2, -0.15) is 0 Å². The fourth-order valence-electron chi connectivity index (χ4n) is 2.06. The summed E-state index contributed by atoms with van der Waals surface area (Å²) in [5.74, 6) is -0.0963. The van der Waals surface area contributed by atoms with Gasteiger partial charge in [0.2, 0.25) is 5.91 Å². The summed E-state index contributed by atoms with van der Waals surface area (Å²) in [6.45, 7) is 1.56. The van der Waals surface area contributed by atoms with Crippen LogP contribution in [0.15, 0.2) is 24.3 Å². The molecule has 0 bridgehead atoms. The van der Waals surface area contributed by atoms with Crippen molar-refractivity contribution in [2.45, 2.75) is 12.6 Å². The van der Waals surface area contributed by atoms with E-state index in [0.717, 1.165) is 5.56 Å². The molecular weight excluding hydrogens is 252 g/mol. The molecule has 1 saturated heterocycles. The first-order chi connectivity index (χ1) is 8.70. The normalized spacial score (nSPS) is 23.0. The molecule has 2 rings (SSSR count). The molecule has 5 heteroatoms. The van der Waals surface area contributed by atoms with Crippen LogP contribution in [0.1, 0.15) is 5.56 Å². The van der Waals surface area contributed by atoms with E-state index in [2.05, 4.69) is 10.6 Å². The molecule has 2 atom stereocenters. The first-order valence-corrected chi connectivity index (χ1v) is 6.35. The highest BCUT2D eigenvalue weighted by atomic mass is 35.5. The van der Waals surface area contributed by atoms with Crippen LogP contribution < -0.4 is 10.6 Å². The van der Waals surface area contributed by atoms with Gasteiger partial charge in [0, 0.05) is 17.6 Å². The number of carbonyl (C=O) groups is 1. The number of hydrogen-bond donors (Lipinski definition) is 2. The van der Waals surface area contributed by atoms with E-state index in [0.29, 0.717) is 24.8 Å². The summed E-state index contributed by atoms with van der Waals surface area (Å²) in [7, 11) is 1.84. The minimum atomic E-state index is -0.116. The van der Waals surface area contributed by atoms with Gasteiger partial charge in [0.15, 0.2) is 0 Å². The summed E-state index contributed by atoms with van der Waals surface area (Å²) >= 11 is 5.89. The molecule has 0 aromatic heterocycles. The summed E-state index contributed by atoms with van der Waals surface area (Å²) in [5, 5.41) is 6.69. The average molecular weight is 269 g/mol. The lowest BCUT2D eigenvalue weighted by molar-refractivity contribution is -0.125. The molecule has 1 fully saturated rings. The number of carbonyl (C=O) groups excluding carboxylic acids is 1. The number of halogens is 1. The maximum Gasteiger partial charge on any atom is 0.227 e. The lowest BCUT2D eigenvalue weighted by atomic mass is 10.0. The van der Waals surface area contributed by atoms with Gasteiger partial charge < -0.3 is 15.4 Å². The van der Waals surface area contributed by atoms with Gasteiger partial charge in [-0.1, -0.05) is 23.7 Å². The molecule has 0 aliphatic carbocycles. The van der Waals surface area contributed by atoms with Crippen molar-refractivity contribution in [1.82, 2.24) is 10.6 Å². The van der Waals surface area contributed by atoms with Crippen LogP contribution >= 0.6 is 11.6 Å². The third-order valence-electron chi connectivity index (χ3n) is 3.14. The lowest BCUT2D eigenvalue weighted by Crippen LogP contribution is -2.42. The largest absolute Gasteiger partial charge is 0.379 e. The van der Waals surface area contributed by atoms with Crippen LogP contribution in [0, 0.1) is 5.92 Å². The van der Waals surface area contributed by atoms with Gasteiger partial charge in [0.1, 0.15) is 0 Å². The van der Waals surface area contributed by atoms with Crippen LogP contribution in [0.5, 0.6) is 0 Å². The second-order valence-corrected chi connectivity index (χ2v) is 4.82. The number of hydrogen-bond acceptors (Lipinski definition) is 3. The lowest BCUT2D eigenvalue weighted by Gasteiger charge is -2.16. The Bertz CT molecular complexity index is 425. The van der Waals surface area contributed by atoms with E-state index >= 15 is 0 Å². The molecule has 2 unspecified atom stereocenters. The molecule has 1 aromatic rings. The van der Waals surface area contributed by atoms with Gasteiger partial charge in [-0.3, -0.25) is 4.79 Å². The number of rotatable bonds is 4. The SMILES string of the molecule is CNC1COCC1C(=O)NCc1cccc(Cl)c1. The van der Waals surface area contributed by atoms with Crippen molar-refractivity contribution in [3.8, 4) is 0 Å². The Kier molecular flexibility index (Phi) is 4.58. The highest BCUT2D eigenvalue weighted by Gasteiger charge is 2.32. The number of likely N-dealkylation sites (N-methyl/N-ethyl adjacent to an activating group) is 1. The van der Waals surface area contributed by atoms with Crippen molar-refractivity contribution >= 4 is 17.5 Å². The van der Waals surface area contributed by atoms with Crippen LogP contribution in [0.2, 0.25) is 5.02 Å². The van der Waals surface area contributed by atoms with Gasteiger partial charge >= 0.3 is 0 Å². The van der Waals surface area contributed by atoms with E-state index in [1.54, 1.807) is 0 Å². The Morgan fingerprint density at radius 1 is 1.50 bits per heavy atom. The third-order valence-corrected chi connectivity index (χ3v) is 3.38. The molecular formula is C13H17ClN2O2. The summed E-state index contributed by atoms with van der Waals surface area (Å²) in [6, 6.07) is 7.58. The van der Waals surface area contributed by atoms with E-state index in [-0.39, 0.29) is 17.9 Å². The number of amides is 1. The monoisotopic (exact) mass is 268 g/mol. The van der Waals surface area contributed by atoms with Crippen LogP contribution in [0.3, 0.4) is 0 Å². The van der Waals surface area contributed by atoms with Crippen molar-refractivity contribution in [2.75, 3.05) is 20.3 Å². The third kappa shape index (κ3) is 3.22. The second-order valence-electron chi connectivity index (χ2n) is 4.39. The predicted octanol–water partition coefficient (Wildman–Crippen LogP) is 1.19. The zero-order valence-electron chi connectivity index (χ0n) is 10.3. The fourth-order valence-corrected chi connectivity index (χ4v) is 2.28. The molecule has 98 valence electrons. The van der Waals surface area contributed by atoms with E-state index in [4.69, 9.17) is 16.3 Å². The van der Waals surface area contributed by atoms with Crippen molar-refractivity contribution in [2.24, 2.45) is 5.92 Å². The Balaban J connectivity index is 1.88. The number of ether oxygens (including phenoxy) is 1. The van der Waals surface area contributed by atoms with Crippen molar-refractivity contribution in [3.63, 3.8) is 0 Å². The predicted molar refractivity (Wildman–Crippen MR) is 70.5 cm³/mol. The molecule has 0 saturated carbocycles. The van der Waals surface area contributed by atoms with Crippen molar-refractivity contribution < 1.29 is 9.53 Å². The Morgan fingerprint density at radius 3 is 3.06 bits per heavy atom. The minimum Gasteiger partial charge on any atom is -0.379 e. The minimum absolute atomic E-state index is 0.0202. The average Bonchev–Trinajstić information content (AvgIpc) is 2.84. The Labute approximate surface area is 112 Å². The smallest absolute Gasteiger partial charge is 0.227 e. The molecule has 1 aliphatic rings. The number of benzene rings is 1. The quantitative estimate of drug-likeness (QED) is 0.863. The van der Waals surface area contributed by atoms with Crippen LogP contribution in [-0.4, -0.2) is 32.2 Å². The molecule has 1 aromatic carbocycles. The number of nitrogens with one attached hydrogen (secondary N) is 2. The molecule has 1 aliphatic heterocycles. The molecule has 0 spiro atoms. The standard InChI is InChI=1S/C13H17ClN2O2/c1-15-12-8-18-7-11(12)13(17)16-6-9-3-2-4-10(14)5-9/h2-5,11-12,15H,6-8H2,1H3,(H,16,17). The van der Waals surface area contributed by atoms with Gasteiger partial charge in [0.05, 0.1) is 19.1 Å². The molecule has 4 nitrogen and oxygen atoms in total. The zero-order chi connectivity index (χ0) is 13.0. The topological polar surface area (TPSA) is 50.4 Å². The zero-order valence-corrected chi connectivity index (χ0v) is 11.0. The maximum atomic E-state index is 12.0. The molecule has 2 N–H and O–H groups in total. The molecule has 1 amide bonds. The molecule has 1 heterocycles. The first kappa shape index (κ1) is 13.3.